The Labute approximate surface area is 195 Å². The molecule has 0 unspecified atom stereocenters. The summed E-state index contributed by atoms with van der Waals surface area (Å²) in [6.07, 6.45) is 0.477. The van der Waals surface area contributed by atoms with Crippen molar-refractivity contribution in [2.24, 2.45) is 0 Å². The van der Waals surface area contributed by atoms with Gasteiger partial charge >= 0.3 is 0 Å². The van der Waals surface area contributed by atoms with Crippen molar-refractivity contribution in [2.75, 3.05) is 6.61 Å². The number of carbonyl (C=O) groups is 1. The molecule has 0 bridgehead atoms. The zero-order valence-corrected chi connectivity index (χ0v) is 18.4. The largest absolute Gasteiger partial charge is 0.484 e. The molecule has 0 aliphatic carbocycles. The highest BCUT2D eigenvalue weighted by Gasteiger charge is 2.22. The third-order valence-electron chi connectivity index (χ3n) is 4.62. The van der Waals surface area contributed by atoms with E-state index in [0.717, 1.165) is 11.1 Å². The molecule has 4 rings (SSSR count). The number of nitrogens with one attached hydrogen (secondary N) is 1. The summed E-state index contributed by atoms with van der Waals surface area (Å²) < 4.78 is 11.0. The summed E-state index contributed by atoms with van der Waals surface area (Å²) >= 11 is 11.9. The van der Waals surface area contributed by atoms with Crippen LogP contribution in [0.3, 0.4) is 0 Å². The van der Waals surface area contributed by atoms with Crippen LogP contribution in [0.15, 0.2) is 83.4 Å². The van der Waals surface area contributed by atoms with Crippen molar-refractivity contribution < 1.29 is 14.1 Å². The summed E-state index contributed by atoms with van der Waals surface area (Å²) in [6, 6.07) is 23.2. The van der Waals surface area contributed by atoms with E-state index in [4.69, 9.17) is 32.5 Å². The molecule has 6 nitrogen and oxygen atoms in total. The predicted molar refractivity (Wildman–Crippen MR) is 123 cm³/mol. The van der Waals surface area contributed by atoms with Gasteiger partial charge < -0.3 is 14.6 Å². The molecule has 1 atom stereocenters. The minimum atomic E-state index is -0.529. The molecule has 8 heteroatoms. The SMILES string of the molecule is O=C(COc1ccc(Cl)cc1)N[C@@H](Cc1ccccc1)c1nc(-c2cccc(Cl)c2)no1. The molecule has 0 fully saturated rings. The Morgan fingerprint density at radius 1 is 0.969 bits per heavy atom. The normalized spacial score (nSPS) is 11.7. The van der Waals surface area contributed by atoms with E-state index < -0.39 is 6.04 Å². The minimum Gasteiger partial charge on any atom is -0.484 e. The van der Waals surface area contributed by atoms with Gasteiger partial charge in [0.15, 0.2) is 6.61 Å². The van der Waals surface area contributed by atoms with E-state index in [1.54, 1.807) is 36.4 Å². The Morgan fingerprint density at radius 3 is 2.50 bits per heavy atom. The maximum Gasteiger partial charge on any atom is 0.258 e. The summed E-state index contributed by atoms with van der Waals surface area (Å²) in [6.45, 7) is -0.164. The molecule has 4 aromatic rings. The fourth-order valence-electron chi connectivity index (χ4n) is 3.09. The van der Waals surface area contributed by atoms with Crippen molar-refractivity contribution in [1.29, 1.82) is 0 Å². The third kappa shape index (κ3) is 5.87. The van der Waals surface area contributed by atoms with Gasteiger partial charge in [-0.2, -0.15) is 4.98 Å². The quantitative estimate of drug-likeness (QED) is 0.368. The highest BCUT2D eigenvalue weighted by atomic mass is 35.5. The van der Waals surface area contributed by atoms with Gasteiger partial charge in [0.2, 0.25) is 11.7 Å². The Hall–Kier alpha value is -3.35. The zero-order valence-electron chi connectivity index (χ0n) is 16.9. The number of hydrogen-bond acceptors (Lipinski definition) is 5. The van der Waals surface area contributed by atoms with Crippen LogP contribution in [0.5, 0.6) is 5.75 Å². The first-order valence-corrected chi connectivity index (χ1v) is 10.6. The van der Waals surface area contributed by atoms with Gasteiger partial charge in [0.05, 0.1) is 0 Å². The molecule has 0 radical (unpaired) electrons. The number of ether oxygens (including phenoxy) is 1. The van der Waals surface area contributed by atoms with Crippen LogP contribution >= 0.6 is 23.2 Å². The van der Waals surface area contributed by atoms with E-state index in [2.05, 4.69) is 15.5 Å². The molecule has 1 aromatic heterocycles. The van der Waals surface area contributed by atoms with Crippen LogP contribution in [0.25, 0.3) is 11.4 Å². The molecule has 0 saturated heterocycles. The molecule has 0 aliphatic heterocycles. The molecular weight excluding hydrogens is 449 g/mol. The first-order valence-electron chi connectivity index (χ1n) is 9.88. The van der Waals surface area contributed by atoms with Crippen LogP contribution in [0.4, 0.5) is 0 Å². The molecule has 0 spiro atoms. The number of hydrogen-bond donors (Lipinski definition) is 1. The lowest BCUT2D eigenvalue weighted by Crippen LogP contribution is -2.34. The molecule has 3 aromatic carbocycles. The number of halogens is 2. The molecule has 0 aliphatic rings. The van der Waals surface area contributed by atoms with E-state index in [1.165, 1.54) is 0 Å². The average molecular weight is 468 g/mol. The zero-order chi connectivity index (χ0) is 22.3. The van der Waals surface area contributed by atoms with Gasteiger partial charge in [0, 0.05) is 22.0 Å². The number of aromatic nitrogens is 2. The van der Waals surface area contributed by atoms with Crippen LogP contribution in [0.2, 0.25) is 10.0 Å². The molecular formula is C24H19Cl2N3O3. The van der Waals surface area contributed by atoms with Gasteiger partial charge in [-0.25, -0.2) is 0 Å². The van der Waals surface area contributed by atoms with E-state index in [9.17, 15) is 4.79 Å². The Kier molecular flexibility index (Phi) is 7.04. The van der Waals surface area contributed by atoms with Crippen molar-refractivity contribution in [3.63, 3.8) is 0 Å². The highest BCUT2D eigenvalue weighted by Crippen LogP contribution is 2.24. The van der Waals surface area contributed by atoms with Crippen LogP contribution in [0.1, 0.15) is 17.5 Å². The van der Waals surface area contributed by atoms with Gasteiger partial charge in [0.1, 0.15) is 11.8 Å². The lowest BCUT2D eigenvalue weighted by molar-refractivity contribution is -0.124. The summed E-state index contributed by atoms with van der Waals surface area (Å²) in [5, 5.41) is 8.15. The van der Waals surface area contributed by atoms with Crippen molar-refractivity contribution >= 4 is 29.1 Å². The van der Waals surface area contributed by atoms with Gasteiger partial charge in [-0.1, -0.05) is 70.8 Å². The van der Waals surface area contributed by atoms with E-state index in [0.29, 0.717) is 33.9 Å². The van der Waals surface area contributed by atoms with Gasteiger partial charge in [-0.05, 0) is 42.0 Å². The molecule has 0 saturated carbocycles. The fraction of sp³-hybridized carbons (Fsp3) is 0.125. The maximum atomic E-state index is 12.6. The number of carbonyl (C=O) groups excluding carboxylic acids is 1. The van der Waals surface area contributed by atoms with Gasteiger partial charge in [-0.3, -0.25) is 4.79 Å². The van der Waals surface area contributed by atoms with Crippen LogP contribution in [-0.2, 0) is 11.2 Å². The Bertz CT molecular complexity index is 1180. The average Bonchev–Trinajstić information content (AvgIpc) is 3.29. The van der Waals surface area contributed by atoms with Crippen molar-refractivity contribution in [1.82, 2.24) is 15.5 Å². The van der Waals surface area contributed by atoms with E-state index >= 15 is 0 Å². The predicted octanol–water partition coefficient (Wildman–Crippen LogP) is 5.52. The number of benzene rings is 3. The third-order valence-corrected chi connectivity index (χ3v) is 5.11. The van der Waals surface area contributed by atoms with E-state index in [-0.39, 0.29) is 12.5 Å². The minimum absolute atomic E-state index is 0.164. The van der Waals surface area contributed by atoms with Crippen molar-refractivity contribution in [3.05, 3.63) is 100 Å². The summed E-state index contributed by atoms with van der Waals surface area (Å²) in [7, 11) is 0. The van der Waals surface area contributed by atoms with E-state index in [1.807, 2.05) is 42.5 Å². The van der Waals surface area contributed by atoms with Crippen LogP contribution in [-0.4, -0.2) is 22.7 Å². The maximum absolute atomic E-state index is 12.6. The number of rotatable bonds is 8. The summed E-state index contributed by atoms with van der Waals surface area (Å²) in [5.74, 6) is 0.921. The van der Waals surface area contributed by atoms with Crippen molar-refractivity contribution in [2.45, 2.75) is 12.5 Å². The lowest BCUT2D eigenvalue weighted by Gasteiger charge is -2.15. The first-order chi connectivity index (χ1) is 15.6. The standard InChI is InChI=1S/C24H19Cl2N3O3/c25-18-9-11-20(12-10-18)31-15-22(30)27-21(13-16-5-2-1-3-6-16)24-28-23(29-32-24)17-7-4-8-19(26)14-17/h1-12,14,21H,13,15H2,(H,27,30)/t21-/m0/s1. The van der Waals surface area contributed by atoms with Crippen LogP contribution in [0, 0.1) is 0 Å². The highest BCUT2D eigenvalue weighted by molar-refractivity contribution is 6.31. The number of amides is 1. The second-order valence-electron chi connectivity index (χ2n) is 7.02. The fourth-order valence-corrected chi connectivity index (χ4v) is 3.40. The molecule has 32 heavy (non-hydrogen) atoms. The van der Waals surface area contributed by atoms with Gasteiger partial charge in [0.25, 0.3) is 5.91 Å². The smallest absolute Gasteiger partial charge is 0.258 e. The molecule has 1 amide bonds. The summed E-state index contributed by atoms with van der Waals surface area (Å²) in [4.78, 5) is 17.1. The first kappa shape index (κ1) is 21.9. The number of nitrogens with zero attached hydrogens (tertiary/aromatic N) is 2. The second kappa shape index (κ2) is 10.3. The molecule has 1 N–H and O–H groups in total. The van der Waals surface area contributed by atoms with Crippen molar-refractivity contribution in [3.8, 4) is 17.1 Å². The topological polar surface area (TPSA) is 77.2 Å². The molecule has 1 heterocycles. The second-order valence-corrected chi connectivity index (χ2v) is 7.89. The van der Waals surface area contributed by atoms with Crippen LogP contribution < -0.4 is 10.1 Å². The van der Waals surface area contributed by atoms with Gasteiger partial charge in [-0.15, -0.1) is 0 Å². The monoisotopic (exact) mass is 467 g/mol. The Balaban J connectivity index is 1.50. The lowest BCUT2D eigenvalue weighted by atomic mass is 10.1. The summed E-state index contributed by atoms with van der Waals surface area (Å²) in [5.41, 5.74) is 1.74. The Morgan fingerprint density at radius 2 is 1.75 bits per heavy atom. The molecule has 162 valence electrons.